The van der Waals surface area contributed by atoms with Gasteiger partial charge in [0.05, 0.1) is 0 Å². The highest BCUT2D eigenvalue weighted by molar-refractivity contribution is 4.96. The van der Waals surface area contributed by atoms with Gasteiger partial charge in [0.25, 0.3) is 0 Å². The fourth-order valence-electron chi connectivity index (χ4n) is 3.22. The SMILES string of the molecule is CC(C)C1CCN(CC2(CCN)CC2)CC1. The number of likely N-dealkylation sites (tertiary alicyclic amines) is 1. The Labute approximate surface area is 101 Å². The van der Waals surface area contributed by atoms with Gasteiger partial charge in [0.1, 0.15) is 0 Å². The maximum atomic E-state index is 5.70. The van der Waals surface area contributed by atoms with Gasteiger partial charge in [-0.05, 0) is 69.0 Å². The topological polar surface area (TPSA) is 29.3 Å². The maximum Gasteiger partial charge on any atom is 0.00385 e. The molecular formula is C14H28N2. The fraction of sp³-hybridized carbons (Fsp3) is 1.00. The predicted molar refractivity (Wildman–Crippen MR) is 69.3 cm³/mol. The Morgan fingerprint density at radius 3 is 2.31 bits per heavy atom. The normalized spacial score (nSPS) is 26.2. The molecule has 94 valence electrons. The van der Waals surface area contributed by atoms with Crippen molar-refractivity contribution in [1.29, 1.82) is 0 Å². The van der Waals surface area contributed by atoms with Gasteiger partial charge in [-0.3, -0.25) is 0 Å². The Morgan fingerprint density at radius 2 is 1.88 bits per heavy atom. The lowest BCUT2D eigenvalue weighted by Gasteiger charge is -2.36. The largest absolute Gasteiger partial charge is 0.330 e. The summed E-state index contributed by atoms with van der Waals surface area (Å²) in [5.41, 5.74) is 6.34. The standard InChI is InChI=1S/C14H28N2/c1-12(2)13-3-9-16(10-4-13)11-14(5-6-14)7-8-15/h12-13H,3-11,15H2,1-2H3. The molecule has 1 aliphatic heterocycles. The molecule has 1 heterocycles. The Morgan fingerprint density at radius 1 is 1.25 bits per heavy atom. The van der Waals surface area contributed by atoms with Crippen molar-refractivity contribution in [2.24, 2.45) is 23.0 Å². The molecule has 0 unspecified atom stereocenters. The molecule has 1 aliphatic carbocycles. The third-order valence-electron chi connectivity index (χ3n) is 4.77. The lowest BCUT2D eigenvalue weighted by atomic mass is 9.86. The number of piperidine rings is 1. The van der Waals surface area contributed by atoms with Crippen LogP contribution in [0.4, 0.5) is 0 Å². The zero-order chi connectivity index (χ0) is 11.6. The van der Waals surface area contributed by atoms with Crippen LogP contribution in [0.5, 0.6) is 0 Å². The Bertz CT molecular complexity index is 213. The summed E-state index contributed by atoms with van der Waals surface area (Å²) >= 11 is 0. The highest BCUT2D eigenvalue weighted by atomic mass is 15.1. The molecular weight excluding hydrogens is 196 g/mol. The third-order valence-corrected chi connectivity index (χ3v) is 4.77. The van der Waals surface area contributed by atoms with Gasteiger partial charge in [-0.1, -0.05) is 13.8 Å². The van der Waals surface area contributed by atoms with E-state index in [0.717, 1.165) is 18.4 Å². The minimum Gasteiger partial charge on any atom is -0.330 e. The second-order valence-electron chi connectivity index (χ2n) is 6.40. The summed E-state index contributed by atoms with van der Waals surface area (Å²) in [6.07, 6.45) is 6.92. The number of nitrogens with two attached hydrogens (primary N) is 1. The second kappa shape index (κ2) is 5.05. The van der Waals surface area contributed by atoms with Crippen LogP contribution in [0.2, 0.25) is 0 Å². The van der Waals surface area contributed by atoms with Gasteiger partial charge in [-0.2, -0.15) is 0 Å². The van der Waals surface area contributed by atoms with E-state index in [1.54, 1.807) is 0 Å². The number of rotatable bonds is 5. The van der Waals surface area contributed by atoms with Gasteiger partial charge in [0.15, 0.2) is 0 Å². The van der Waals surface area contributed by atoms with Crippen LogP contribution < -0.4 is 5.73 Å². The second-order valence-corrected chi connectivity index (χ2v) is 6.40. The molecule has 0 atom stereocenters. The van der Waals surface area contributed by atoms with Crippen LogP contribution in [0.1, 0.15) is 46.0 Å². The fourth-order valence-corrected chi connectivity index (χ4v) is 3.22. The molecule has 0 aromatic carbocycles. The van der Waals surface area contributed by atoms with Crippen molar-refractivity contribution in [3.63, 3.8) is 0 Å². The van der Waals surface area contributed by atoms with Crippen molar-refractivity contribution in [2.75, 3.05) is 26.2 Å². The van der Waals surface area contributed by atoms with Gasteiger partial charge in [-0.15, -0.1) is 0 Å². The van der Waals surface area contributed by atoms with Crippen molar-refractivity contribution < 1.29 is 0 Å². The first kappa shape index (κ1) is 12.4. The smallest absolute Gasteiger partial charge is 0.00385 e. The quantitative estimate of drug-likeness (QED) is 0.777. The molecule has 0 spiro atoms. The summed E-state index contributed by atoms with van der Waals surface area (Å²) in [7, 11) is 0. The molecule has 0 amide bonds. The predicted octanol–water partition coefficient (Wildman–Crippen LogP) is 2.48. The van der Waals surface area contributed by atoms with E-state index in [9.17, 15) is 0 Å². The summed E-state index contributed by atoms with van der Waals surface area (Å²) in [4.78, 5) is 2.70. The minimum atomic E-state index is 0.638. The zero-order valence-electron chi connectivity index (χ0n) is 11.0. The van der Waals surface area contributed by atoms with Crippen LogP contribution in [0, 0.1) is 17.3 Å². The Hall–Kier alpha value is -0.0800. The van der Waals surface area contributed by atoms with E-state index >= 15 is 0 Å². The van der Waals surface area contributed by atoms with E-state index in [-0.39, 0.29) is 0 Å². The van der Waals surface area contributed by atoms with Crippen LogP contribution in [-0.2, 0) is 0 Å². The first-order valence-electron chi connectivity index (χ1n) is 7.08. The maximum absolute atomic E-state index is 5.70. The molecule has 1 saturated heterocycles. The van der Waals surface area contributed by atoms with Crippen LogP contribution in [0.15, 0.2) is 0 Å². The molecule has 1 saturated carbocycles. The number of hydrogen-bond acceptors (Lipinski definition) is 2. The molecule has 0 aromatic heterocycles. The van der Waals surface area contributed by atoms with Crippen molar-refractivity contribution in [1.82, 2.24) is 4.90 Å². The van der Waals surface area contributed by atoms with Crippen LogP contribution >= 0.6 is 0 Å². The van der Waals surface area contributed by atoms with Gasteiger partial charge in [-0.25, -0.2) is 0 Å². The van der Waals surface area contributed by atoms with E-state index in [4.69, 9.17) is 5.73 Å². The van der Waals surface area contributed by atoms with Gasteiger partial charge in [0.2, 0.25) is 0 Å². The summed E-state index contributed by atoms with van der Waals surface area (Å²) in [5.74, 6) is 1.85. The van der Waals surface area contributed by atoms with Crippen LogP contribution in [-0.4, -0.2) is 31.1 Å². The van der Waals surface area contributed by atoms with E-state index in [1.807, 2.05) is 0 Å². The van der Waals surface area contributed by atoms with Crippen molar-refractivity contribution in [2.45, 2.75) is 46.0 Å². The highest BCUT2D eigenvalue weighted by Gasteiger charge is 2.43. The third kappa shape index (κ3) is 2.98. The molecule has 2 N–H and O–H groups in total. The van der Waals surface area contributed by atoms with E-state index in [0.29, 0.717) is 5.41 Å². The summed E-state index contributed by atoms with van der Waals surface area (Å²) in [5, 5.41) is 0. The van der Waals surface area contributed by atoms with Crippen LogP contribution in [0.3, 0.4) is 0 Å². The number of hydrogen-bond donors (Lipinski definition) is 1. The highest BCUT2D eigenvalue weighted by Crippen LogP contribution is 2.49. The summed E-state index contributed by atoms with van der Waals surface area (Å²) < 4.78 is 0. The molecule has 2 nitrogen and oxygen atoms in total. The van der Waals surface area contributed by atoms with Crippen molar-refractivity contribution >= 4 is 0 Å². The minimum absolute atomic E-state index is 0.638. The lowest BCUT2D eigenvalue weighted by molar-refractivity contribution is 0.131. The summed E-state index contributed by atoms with van der Waals surface area (Å²) in [6.45, 7) is 9.61. The van der Waals surface area contributed by atoms with Crippen molar-refractivity contribution in [3.8, 4) is 0 Å². The van der Waals surface area contributed by atoms with E-state index in [1.165, 1.54) is 51.7 Å². The zero-order valence-corrected chi connectivity index (χ0v) is 11.0. The first-order chi connectivity index (χ1) is 7.65. The molecule has 0 aromatic rings. The molecule has 0 bridgehead atoms. The van der Waals surface area contributed by atoms with Crippen LogP contribution in [0.25, 0.3) is 0 Å². The molecule has 2 heteroatoms. The average Bonchev–Trinajstić information content (AvgIpc) is 2.99. The molecule has 2 fully saturated rings. The molecule has 16 heavy (non-hydrogen) atoms. The van der Waals surface area contributed by atoms with Gasteiger partial charge in [0, 0.05) is 6.54 Å². The summed E-state index contributed by atoms with van der Waals surface area (Å²) in [6, 6.07) is 0. The van der Waals surface area contributed by atoms with Crippen molar-refractivity contribution in [3.05, 3.63) is 0 Å². The number of nitrogens with zero attached hydrogens (tertiary/aromatic N) is 1. The lowest BCUT2D eigenvalue weighted by Crippen LogP contribution is -2.39. The van der Waals surface area contributed by atoms with E-state index < -0.39 is 0 Å². The molecule has 2 rings (SSSR count). The molecule has 2 aliphatic rings. The Kier molecular flexibility index (Phi) is 3.91. The average molecular weight is 224 g/mol. The monoisotopic (exact) mass is 224 g/mol. The Balaban J connectivity index is 1.73. The molecule has 0 radical (unpaired) electrons. The van der Waals surface area contributed by atoms with Gasteiger partial charge < -0.3 is 10.6 Å². The first-order valence-corrected chi connectivity index (χ1v) is 7.08. The van der Waals surface area contributed by atoms with Gasteiger partial charge >= 0.3 is 0 Å². The van der Waals surface area contributed by atoms with E-state index in [2.05, 4.69) is 18.7 Å².